The van der Waals surface area contributed by atoms with Gasteiger partial charge in [0.25, 0.3) is 5.91 Å². The highest BCUT2D eigenvalue weighted by atomic mass is 16.1. The molecule has 1 unspecified atom stereocenters. The molecule has 4 aromatic rings. The van der Waals surface area contributed by atoms with Gasteiger partial charge in [0.1, 0.15) is 5.65 Å². The molecule has 6 nitrogen and oxygen atoms in total. The van der Waals surface area contributed by atoms with Gasteiger partial charge in [-0.05, 0) is 56.7 Å². The summed E-state index contributed by atoms with van der Waals surface area (Å²) in [6.45, 7) is 5.92. The molecule has 0 aliphatic rings. The second-order valence-electron chi connectivity index (χ2n) is 6.70. The third kappa shape index (κ3) is 3.21. The number of carbonyl (C=O) groups is 1. The normalized spacial score (nSPS) is 12.3. The lowest BCUT2D eigenvalue weighted by Crippen LogP contribution is -2.26. The molecular formula is C21H21N5O. The summed E-state index contributed by atoms with van der Waals surface area (Å²) in [6.07, 6.45) is 5.53. The van der Waals surface area contributed by atoms with Crippen molar-refractivity contribution < 1.29 is 4.79 Å². The summed E-state index contributed by atoms with van der Waals surface area (Å²) in [5.41, 5.74) is 5.24. The quantitative estimate of drug-likeness (QED) is 0.605. The molecule has 3 aromatic heterocycles. The predicted octanol–water partition coefficient (Wildman–Crippen LogP) is 3.63. The second kappa shape index (κ2) is 6.72. The Kier molecular flexibility index (Phi) is 4.24. The molecule has 0 bridgehead atoms. The van der Waals surface area contributed by atoms with Crippen LogP contribution < -0.4 is 5.32 Å². The van der Waals surface area contributed by atoms with Crippen molar-refractivity contribution in [3.05, 3.63) is 83.6 Å². The molecule has 0 aliphatic carbocycles. The van der Waals surface area contributed by atoms with E-state index < -0.39 is 0 Å². The number of hydrogen-bond acceptors (Lipinski definition) is 3. The molecule has 1 atom stereocenters. The maximum absolute atomic E-state index is 12.8. The Labute approximate surface area is 157 Å². The Morgan fingerprint density at radius 2 is 1.89 bits per heavy atom. The lowest BCUT2D eigenvalue weighted by atomic mass is 10.1. The highest BCUT2D eigenvalue weighted by molar-refractivity contribution is 6.00. The van der Waals surface area contributed by atoms with Crippen LogP contribution in [0.4, 0.5) is 0 Å². The lowest BCUT2D eigenvalue weighted by molar-refractivity contribution is 0.0941. The zero-order valence-electron chi connectivity index (χ0n) is 15.5. The fraction of sp³-hybridized carbons (Fsp3) is 0.190. The number of nitrogens with one attached hydrogen (secondary N) is 1. The van der Waals surface area contributed by atoms with E-state index in [1.165, 1.54) is 0 Å². The third-order valence-electron chi connectivity index (χ3n) is 4.69. The van der Waals surface area contributed by atoms with Crippen molar-refractivity contribution in [2.45, 2.75) is 26.8 Å². The number of hydrogen-bond donors (Lipinski definition) is 1. The third-order valence-corrected chi connectivity index (χ3v) is 4.69. The zero-order chi connectivity index (χ0) is 19.0. The van der Waals surface area contributed by atoms with Gasteiger partial charge in [0.2, 0.25) is 0 Å². The summed E-state index contributed by atoms with van der Waals surface area (Å²) < 4.78 is 3.74. The average Bonchev–Trinajstić information content (AvgIpc) is 3.31. The van der Waals surface area contributed by atoms with E-state index in [-0.39, 0.29) is 11.9 Å². The summed E-state index contributed by atoms with van der Waals surface area (Å²) in [4.78, 5) is 17.3. The molecule has 0 aliphatic heterocycles. The number of amides is 1. The summed E-state index contributed by atoms with van der Waals surface area (Å²) in [5.74, 6) is -0.126. The fourth-order valence-electron chi connectivity index (χ4n) is 3.27. The monoisotopic (exact) mass is 359 g/mol. The van der Waals surface area contributed by atoms with Crippen LogP contribution >= 0.6 is 0 Å². The Morgan fingerprint density at radius 3 is 2.59 bits per heavy atom. The van der Waals surface area contributed by atoms with E-state index in [9.17, 15) is 4.79 Å². The molecular weight excluding hydrogens is 338 g/mol. The van der Waals surface area contributed by atoms with Crippen molar-refractivity contribution in [2.24, 2.45) is 0 Å². The Bertz CT molecular complexity index is 1090. The minimum Gasteiger partial charge on any atom is -0.345 e. The predicted molar refractivity (Wildman–Crippen MR) is 104 cm³/mol. The number of benzene rings is 1. The van der Waals surface area contributed by atoms with Gasteiger partial charge in [-0.25, -0.2) is 9.67 Å². The number of aromatic nitrogens is 4. The van der Waals surface area contributed by atoms with E-state index in [2.05, 4.69) is 15.4 Å². The largest absolute Gasteiger partial charge is 0.345 e. The van der Waals surface area contributed by atoms with E-state index in [1.807, 2.05) is 80.0 Å². The Hall–Kier alpha value is -3.41. The van der Waals surface area contributed by atoms with Crippen LogP contribution in [0.15, 0.2) is 61.1 Å². The molecule has 1 aromatic carbocycles. The van der Waals surface area contributed by atoms with Gasteiger partial charge in [-0.2, -0.15) is 5.10 Å². The summed E-state index contributed by atoms with van der Waals surface area (Å²) >= 11 is 0. The first-order valence-electron chi connectivity index (χ1n) is 8.89. The summed E-state index contributed by atoms with van der Waals surface area (Å²) in [6, 6.07) is 13.6. The van der Waals surface area contributed by atoms with E-state index in [1.54, 1.807) is 10.9 Å². The van der Waals surface area contributed by atoms with Gasteiger partial charge in [0, 0.05) is 30.0 Å². The SMILES string of the molecule is Cc1cc(C)n2ccc(C(=O)NC(C)c3ccc(-n4cccn4)cc3)c2n1. The molecule has 1 N–H and O–H groups in total. The molecule has 136 valence electrons. The number of carbonyl (C=O) groups excluding carboxylic acids is 1. The van der Waals surface area contributed by atoms with Gasteiger partial charge in [0.05, 0.1) is 17.3 Å². The van der Waals surface area contributed by atoms with E-state index in [0.29, 0.717) is 11.2 Å². The lowest BCUT2D eigenvalue weighted by Gasteiger charge is -2.15. The van der Waals surface area contributed by atoms with Crippen molar-refractivity contribution in [3.63, 3.8) is 0 Å². The van der Waals surface area contributed by atoms with Crippen LogP contribution in [0, 0.1) is 13.8 Å². The van der Waals surface area contributed by atoms with Gasteiger partial charge < -0.3 is 9.72 Å². The highest BCUT2D eigenvalue weighted by Crippen LogP contribution is 2.18. The summed E-state index contributed by atoms with van der Waals surface area (Å²) in [7, 11) is 0. The first kappa shape index (κ1) is 17.0. The molecule has 3 heterocycles. The average molecular weight is 359 g/mol. The summed E-state index contributed by atoms with van der Waals surface area (Å²) in [5, 5.41) is 7.29. The smallest absolute Gasteiger partial charge is 0.255 e. The van der Waals surface area contributed by atoms with Gasteiger partial charge >= 0.3 is 0 Å². The molecule has 1 amide bonds. The molecule has 0 fully saturated rings. The van der Waals surface area contributed by atoms with Crippen LogP contribution in [-0.2, 0) is 0 Å². The fourth-order valence-corrected chi connectivity index (χ4v) is 3.27. The van der Waals surface area contributed by atoms with Crippen LogP contribution in [0.2, 0.25) is 0 Å². The second-order valence-corrected chi connectivity index (χ2v) is 6.70. The maximum atomic E-state index is 12.8. The van der Waals surface area contributed by atoms with Crippen molar-refractivity contribution in [1.29, 1.82) is 0 Å². The van der Waals surface area contributed by atoms with Crippen molar-refractivity contribution in [3.8, 4) is 5.69 Å². The molecule has 6 heteroatoms. The van der Waals surface area contributed by atoms with Crippen molar-refractivity contribution in [2.75, 3.05) is 0 Å². The van der Waals surface area contributed by atoms with Gasteiger partial charge in [-0.15, -0.1) is 0 Å². The van der Waals surface area contributed by atoms with Crippen molar-refractivity contribution in [1.82, 2.24) is 24.5 Å². The Balaban J connectivity index is 1.54. The molecule has 0 spiro atoms. The van der Waals surface area contributed by atoms with Gasteiger partial charge in [0.15, 0.2) is 0 Å². The minimum atomic E-state index is -0.126. The molecule has 27 heavy (non-hydrogen) atoms. The van der Waals surface area contributed by atoms with Crippen molar-refractivity contribution >= 4 is 11.6 Å². The standard InChI is InChI=1S/C21H21N5O/c1-14-13-15(2)25-12-9-19(20(25)23-14)21(27)24-16(3)17-5-7-18(8-6-17)26-11-4-10-22-26/h4-13,16H,1-3H3,(H,24,27). The van der Waals surface area contributed by atoms with Gasteiger partial charge in [-0.1, -0.05) is 12.1 Å². The van der Waals surface area contributed by atoms with Crippen LogP contribution in [0.5, 0.6) is 0 Å². The van der Waals surface area contributed by atoms with Crippen LogP contribution in [0.1, 0.15) is 40.3 Å². The maximum Gasteiger partial charge on any atom is 0.255 e. The van der Waals surface area contributed by atoms with Crippen LogP contribution in [-0.4, -0.2) is 25.1 Å². The highest BCUT2D eigenvalue weighted by Gasteiger charge is 2.17. The first-order valence-corrected chi connectivity index (χ1v) is 8.89. The Morgan fingerprint density at radius 1 is 1.11 bits per heavy atom. The topological polar surface area (TPSA) is 64.2 Å². The van der Waals surface area contributed by atoms with E-state index >= 15 is 0 Å². The van der Waals surface area contributed by atoms with E-state index in [4.69, 9.17) is 0 Å². The van der Waals surface area contributed by atoms with Crippen LogP contribution in [0.25, 0.3) is 11.3 Å². The van der Waals surface area contributed by atoms with E-state index in [0.717, 1.165) is 22.6 Å². The molecule has 0 saturated heterocycles. The number of aryl methyl sites for hydroxylation is 2. The number of fused-ring (bicyclic) bond motifs is 1. The van der Waals surface area contributed by atoms with Crippen LogP contribution in [0.3, 0.4) is 0 Å². The molecule has 0 saturated carbocycles. The molecule has 0 radical (unpaired) electrons. The molecule has 4 rings (SSSR count). The minimum absolute atomic E-state index is 0.120. The first-order chi connectivity index (χ1) is 13.0. The van der Waals surface area contributed by atoms with Gasteiger partial charge in [-0.3, -0.25) is 4.79 Å². The number of nitrogens with zero attached hydrogens (tertiary/aromatic N) is 4. The zero-order valence-corrected chi connectivity index (χ0v) is 15.5. The number of rotatable bonds is 4.